The Morgan fingerprint density at radius 1 is 0.379 bits per heavy atom. The Morgan fingerprint density at radius 3 is 1.72 bits per heavy atom. The normalized spacial score (nSPS) is 12.5. The molecule has 6 aromatic heterocycles. The highest BCUT2D eigenvalue weighted by Crippen LogP contribution is 2.48. The Morgan fingerprint density at radius 2 is 0.948 bits per heavy atom. The van der Waals surface area contributed by atoms with E-state index in [1.54, 1.807) is 11.3 Å². The molecule has 268 valence electrons. The molecule has 14 rings (SSSR count). The molecule has 0 aliphatic heterocycles. The smallest absolute Gasteiger partial charge is 0.163 e. The van der Waals surface area contributed by atoms with Crippen molar-refractivity contribution < 1.29 is 0 Å². The highest BCUT2D eigenvalue weighted by atomic mass is 32.1. The number of aromatic nitrogens is 5. The number of rotatable bonds is 3. The topological polar surface area (TPSA) is 40.0 Å². The number of fused-ring (bicyclic) bond motifs is 16. The van der Waals surface area contributed by atoms with Crippen molar-refractivity contribution in [3.05, 3.63) is 176 Å². The molecule has 6 heteroatoms. The van der Waals surface area contributed by atoms with Crippen molar-refractivity contribution in [3.63, 3.8) is 0 Å². The standard InChI is InChI=1S/C52H29N5S/c1-2-14-31(15-3-1)55-40-21-9-4-16-32(40)35-27-26-30(28-44(35)55)50-53-51(47-37-20-8-13-25-45(37)58-52(47)54-50)57-42-23-11-6-18-34(42)39-29-38-33-17-5-10-22-41(33)56-43-24-12-7-19-36(43)46(48(38)56)49(39)57/h1-29H. The van der Waals surface area contributed by atoms with Gasteiger partial charge in [-0.1, -0.05) is 121 Å². The lowest BCUT2D eigenvalue weighted by atomic mass is 10.0. The molecular formula is C52H29N5S. The molecule has 0 radical (unpaired) electrons. The van der Waals surface area contributed by atoms with E-state index in [9.17, 15) is 0 Å². The Kier molecular flexibility index (Phi) is 5.85. The summed E-state index contributed by atoms with van der Waals surface area (Å²) in [5, 5.41) is 12.1. The number of hydrogen-bond donors (Lipinski definition) is 0. The van der Waals surface area contributed by atoms with Crippen molar-refractivity contribution >= 4 is 113 Å². The van der Waals surface area contributed by atoms with Gasteiger partial charge >= 0.3 is 0 Å². The fourth-order valence-corrected chi connectivity index (χ4v) is 11.1. The van der Waals surface area contributed by atoms with Gasteiger partial charge in [0.15, 0.2) is 11.6 Å². The second-order valence-electron chi connectivity index (χ2n) is 15.3. The van der Waals surface area contributed by atoms with Crippen LogP contribution in [-0.2, 0) is 0 Å². The molecule has 6 heterocycles. The third-order valence-corrected chi connectivity index (χ3v) is 13.4. The van der Waals surface area contributed by atoms with E-state index in [-0.39, 0.29) is 0 Å². The van der Waals surface area contributed by atoms with Crippen LogP contribution in [0.5, 0.6) is 0 Å². The van der Waals surface area contributed by atoms with Crippen LogP contribution < -0.4 is 0 Å². The molecule has 0 saturated carbocycles. The van der Waals surface area contributed by atoms with Gasteiger partial charge in [0.05, 0.1) is 44.0 Å². The van der Waals surface area contributed by atoms with Crippen LogP contribution in [0.1, 0.15) is 0 Å². The lowest BCUT2D eigenvalue weighted by molar-refractivity contribution is 1.08. The van der Waals surface area contributed by atoms with Crippen LogP contribution in [0.15, 0.2) is 176 Å². The molecule has 5 nitrogen and oxygen atoms in total. The summed E-state index contributed by atoms with van der Waals surface area (Å²) in [5.41, 5.74) is 10.4. The summed E-state index contributed by atoms with van der Waals surface area (Å²) in [4.78, 5) is 12.1. The summed E-state index contributed by atoms with van der Waals surface area (Å²) >= 11 is 1.74. The van der Waals surface area contributed by atoms with E-state index in [1.807, 2.05) is 0 Å². The maximum Gasteiger partial charge on any atom is 0.163 e. The zero-order valence-electron chi connectivity index (χ0n) is 30.9. The minimum Gasteiger partial charge on any atom is -0.309 e. The van der Waals surface area contributed by atoms with Crippen molar-refractivity contribution in [2.75, 3.05) is 0 Å². The molecule has 0 N–H and O–H groups in total. The summed E-state index contributed by atoms with van der Waals surface area (Å²) in [6.07, 6.45) is 0. The van der Waals surface area contributed by atoms with Gasteiger partial charge < -0.3 is 8.97 Å². The third-order valence-electron chi connectivity index (χ3n) is 12.4. The first kappa shape index (κ1) is 30.7. The fraction of sp³-hybridized carbons (Fsp3) is 0. The number of hydrogen-bond acceptors (Lipinski definition) is 3. The van der Waals surface area contributed by atoms with Crippen LogP contribution in [0.4, 0.5) is 0 Å². The molecule has 0 unspecified atom stereocenters. The van der Waals surface area contributed by atoms with Gasteiger partial charge in [0.25, 0.3) is 0 Å². The second-order valence-corrected chi connectivity index (χ2v) is 16.4. The molecule has 0 amide bonds. The van der Waals surface area contributed by atoms with Gasteiger partial charge in [-0.25, -0.2) is 9.97 Å². The van der Waals surface area contributed by atoms with Crippen LogP contribution in [0.2, 0.25) is 0 Å². The number of thiophene rings is 1. The van der Waals surface area contributed by atoms with Crippen LogP contribution in [0.3, 0.4) is 0 Å². The van der Waals surface area contributed by atoms with Gasteiger partial charge in [0, 0.05) is 64.4 Å². The molecule has 0 fully saturated rings. The van der Waals surface area contributed by atoms with E-state index in [0.717, 1.165) is 38.3 Å². The minimum absolute atomic E-state index is 0.707. The largest absolute Gasteiger partial charge is 0.309 e. The van der Waals surface area contributed by atoms with Crippen molar-refractivity contribution in [2.45, 2.75) is 0 Å². The SMILES string of the molecule is c1ccc(-n2c3ccccc3c3ccc(-c4nc(-n5c6ccccc6c6cc7c8ccccc8n8c9ccccc9c(c65)c78)c5c(n4)sc4ccccc45)cc32)cc1. The predicted molar refractivity (Wildman–Crippen MR) is 244 cm³/mol. The average Bonchev–Trinajstić information content (AvgIpc) is 4.08. The summed E-state index contributed by atoms with van der Waals surface area (Å²) < 4.78 is 8.49. The zero-order valence-corrected chi connectivity index (χ0v) is 31.7. The summed E-state index contributed by atoms with van der Waals surface area (Å²) in [7, 11) is 0. The monoisotopic (exact) mass is 755 g/mol. The molecule has 14 aromatic rings. The first-order valence-corrected chi connectivity index (χ1v) is 20.5. The molecule has 8 aromatic carbocycles. The lowest BCUT2D eigenvalue weighted by Gasteiger charge is -2.13. The fourth-order valence-electron chi connectivity index (χ4n) is 10.0. The third kappa shape index (κ3) is 3.85. The first-order chi connectivity index (χ1) is 28.8. The zero-order chi connectivity index (χ0) is 37.6. The van der Waals surface area contributed by atoms with E-state index >= 15 is 0 Å². The maximum atomic E-state index is 5.71. The molecule has 0 aliphatic rings. The first-order valence-electron chi connectivity index (χ1n) is 19.7. The highest BCUT2D eigenvalue weighted by molar-refractivity contribution is 7.25. The van der Waals surface area contributed by atoms with E-state index in [0.29, 0.717) is 5.82 Å². The van der Waals surface area contributed by atoms with Crippen molar-refractivity contribution in [1.29, 1.82) is 0 Å². The van der Waals surface area contributed by atoms with Crippen molar-refractivity contribution in [3.8, 4) is 22.9 Å². The molecule has 0 bridgehead atoms. The molecule has 0 spiro atoms. The number of para-hydroxylation sites is 5. The van der Waals surface area contributed by atoms with Gasteiger partial charge in [-0.3, -0.25) is 4.57 Å². The number of nitrogens with zero attached hydrogens (tertiary/aromatic N) is 5. The number of benzene rings is 8. The highest BCUT2D eigenvalue weighted by Gasteiger charge is 2.27. The van der Waals surface area contributed by atoms with E-state index in [1.165, 1.54) is 80.8 Å². The quantitative estimate of drug-likeness (QED) is 0.180. The van der Waals surface area contributed by atoms with Gasteiger partial charge in [-0.05, 0) is 54.6 Å². The van der Waals surface area contributed by atoms with Crippen molar-refractivity contribution in [1.82, 2.24) is 23.5 Å². The van der Waals surface area contributed by atoms with Crippen LogP contribution >= 0.6 is 11.3 Å². The van der Waals surface area contributed by atoms with Crippen molar-refractivity contribution in [2.24, 2.45) is 0 Å². The van der Waals surface area contributed by atoms with Gasteiger partial charge in [0.1, 0.15) is 4.83 Å². The van der Waals surface area contributed by atoms with E-state index in [4.69, 9.17) is 9.97 Å². The van der Waals surface area contributed by atoms with E-state index in [2.05, 4.69) is 189 Å². The Hall–Kier alpha value is -7.54. The molecule has 0 aliphatic carbocycles. The average molecular weight is 756 g/mol. The molecule has 0 saturated heterocycles. The van der Waals surface area contributed by atoms with Gasteiger partial charge in [0.2, 0.25) is 0 Å². The predicted octanol–water partition coefficient (Wildman–Crippen LogP) is 13.9. The maximum absolute atomic E-state index is 5.71. The van der Waals surface area contributed by atoms with Crippen LogP contribution in [0, 0.1) is 0 Å². The van der Waals surface area contributed by atoms with Gasteiger partial charge in [-0.15, -0.1) is 11.3 Å². The second kappa shape index (κ2) is 11.1. The van der Waals surface area contributed by atoms with Gasteiger partial charge in [-0.2, -0.15) is 0 Å². The Balaban J connectivity index is 1.15. The summed E-state index contributed by atoms with van der Waals surface area (Å²) in [6.45, 7) is 0. The van der Waals surface area contributed by atoms with E-state index < -0.39 is 0 Å². The molecule has 58 heavy (non-hydrogen) atoms. The Labute approximate surface area is 334 Å². The van der Waals surface area contributed by atoms with Crippen LogP contribution in [0.25, 0.3) is 125 Å². The Bertz CT molecular complexity index is 4030. The summed E-state index contributed by atoms with van der Waals surface area (Å²) in [6, 6.07) is 63.7. The lowest BCUT2D eigenvalue weighted by Crippen LogP contribution is -2.02. The minimum atomic E-state index is 0.707. The molecular weight excluding hydrogens is 727 g/mol. The molecule has 0 atom stereocenters. The van der Waals surface area contributed by atoms with Crippen LogP contribution in [-0.4, -0.2) is 23.5 Å². The summed E-state index contributed by atoms with van der Waals surface area (Å²) in [5.74, 6) is 1.61.